The zero-order chi connectivity index (χ0) is 19.0. The number of carbonyl (C=O) groups excluding carboxylic acids is 2. The van der Waals surface area contributed by atoms with Crippen molar-refractivity contribution in [3.05, 3.63) is 51.2 Å². The molecule has 7 heteroatoms. The summed E-state index contributed by atoms with van der Waals surface area (Å²) >= 11 is 7.43. The van der Waals surface area contributed by atoms with Gasteiger partial charge >= 0.3 is 6.03 Å². The average Bonchev–Trinajstić information content (AvgIpc) is 3.18. The number of hydrogen-bond donors (Lipinski definition) is 1. The number of halogens is 1. The first-order chi connectivity index (χ1) is 13.1. The van der Waals surface area contributed by atoms with Gasteiger partial charge in [-0.2, -0.15) is 0 Å². The molecule has 3 heterocycles. The molecular formula is C20H19ClN2O3S. The molecule has 2 aromatic heterocycles. The summed E-state index contributed by atoms with van der Waals surface area (Å²) in [5.41, 5.74) is 0.615. The minimum absolute atomic E-state index is 0.123. The van der Waals surface area contributed by atoms with Crippen molar-refractivity contribution in [2.45, 2.75) is 25.7 Å². The normalized spacial score (nSPS) is 15.1. The van der Waals surface area contributed by atoms with E-state index in [9.17, 15) is 14.7 Å². The lowest BCUT2D eigenvalue weighted by Crippen LogP contribution is -2.35. The number of amides is 1. The van der Waals surface area contributed by atoms with Crippen molar-refractivity contribution in [3.8, 4) is 5.88 Å². The smallest absolute Gasteiger partial charge is 0.331 e. The summed E-state index contributed by atoms with van der Waals surface area (Å²) in [6.45, 7) is 1.31. The van der Waals surface area contributed by atoms with Crippen LogP contribution in [-0.4, -0.2) is 39.5 Å². The lowest BCUT2D eigenvalue weighted by Gasteiger charge is -2.21. The molecule has 0 radical (unpaired) electrons. The van der Waals surface area contributed by atoms with E-state index in [-0.39, 0.29) is 23.3 Å². The first kappa shape index (κ1) is 18.1. The van der Waals surface area contributed by atoms with Crippen molar-refractivity contribution in [3.63, 3.8) is 0 Å². The van der Waals surface area contributed by atoms with Crippen molar-refractivity contribution in [1.29, 1.82) is 0 Å². The molecular weight excluding hydrogens is 384 g/mol. The van der Waals surface area contributed by atoms with E-state index in [1.165, 1.54) is 15.9 Å². The summed E-state index contributed by atoms with van der Waals surface area (Å²) in [6.07, 6.45) is 4.08. The van der Waals surface area contributed by atoms with E-state index >= 15 is 0 Å². The predicted octanol–water partition coefficient (Wildman–Crippen LogP) is 5.14. The van der Waals surface area contributed by atoms with Crippen LogP contribution >= 0.6 is 22.9 Å². The third kappa shape index (κ3) is 3.24. The van der Waals surface area contributed by atoms with Gasteiger partial charge in [0.05, 0.1) is 16.0 Å². The van der Waals surface area contributed by atoms with E-state index in [2.05, 4.69) is 0 Å². The minimum Gasteiger partial charge on any atom is -0.494 e. The quantitative estimate of drug-likeness (QED) is 0.604. The van der Waals surface area contributed by atoms with E-state index in [1.807, 2.05) is 0 Å². The van der Waals surface area contributed by atoms with Crippen LogP contribution in [0, 0.1) is 0 Å². The molecule has 0 spiro atoms. The highest BCUT2D eigenvalue weighted by atomic mass is 35.5. The fraction of sp³-hybridized carbons (Fsp3) is 0.300. The average molecular weight is 403 g/mol. The van der Waals surface area contributed by atoms with Crippen LogP contribution in [0.3, 0.4) is 0 Å². The maximum atomic E-state index is 13.2. The van der Waals surface area contributed by atoms with Crippen LogP contribution in [0.4, 0.5) is 4.79 Å². The zero-order valence-electron chi connectivity index (χ0n) is 14.7. The summed E-state index contributed by atoms with van der Waals surface area (Å²) in [6, 6.07) is 8.16. The molecule has 1 N–H and O–H groups in total. The first-order valence-electron chi connectivity index (χ1n) is 8.98. The number of hydrogen-bond acceptors (Lipinski definition) is 4. The number of ketones is 1. The summed E-state index contributed by atoms with van der Waals surface area (Å²) in [5.74, 6) is -0.628. The van der Waals surface area contributed by atoms with E-state index in [0.717, 1.165) is 25.7 Å². The Morgan fingerprint density at radius 2 is 1.81 bits per heavy atom. The Morgan fingerprint density at radius 1 is 1.07 bits per heavy atom. The maximum Gasteiger partial charge on any atom is 0.331 e. The van der Waals surface area contributed by atoms with Crippen LogP contribution in [0.5, 0.6) is 5.88 Å². The standard InChI is InChI=1S/C20H19ClN2O3S/c21-13-7-8-15-14(12-13)17(18(24)16-6-5-11-27-16)19(25)23(15)20(26)22-9-3-1-2-4-10-22/h5-8,11-12,25H,1-4,9-10H2. The third-order valence-corrected chi connectivity index (χ3v) is 6.05. The van der Waals surface area contributed by atoms with E-state index < -0.39 is 0 Å². The van der Waals surface area contributed by atoms with Gasteiger partial charge in [-0.1, -0.05) is 30.5 Å². The van der Waals surface area contributed by atoms with Crippen molar-refractivity contribution in [1.82, 2.24) is 9.47 Å². The monoisotopic (exact) mass is 402 g/mol. The van der Waals surface area contributed by atoms with Crippen LogP contribution in [0.25, 0.3) is 10.9 Å². The molecule has 1 fully saturated rings. The summed E-state index contributed by atoms with van der Waals surface area (Å²) in [7, 11) is 0. The van der Waals surface area contributed by atoms with Gasteiger partial charge in [0.25, 0.3) is 0 Å². The molecule has 1 aliphatic rings. The van der Waals surface area contributed by atoms with Crippen molar-refractivity contribution in [2.75, 3.05) is 13.1 Å². The number of fused-ring (bicyclic) bond motifs is 1. The van der Waals surface area contributed by atoms with Gasteiger partial charge in [0, 0.05) is 23.5 Å². The van der Waals surface area contributed by atoms with Crippen molar-refractivity contribution < 1.29 is 14.7 Å². The molecule has 1 saturated heterocycles. The Labute approximate surface area is 165 Å². The highest BCUT2D eigenvalue weighted by molar-refractivity contribution is 7.12. The van der Waals surface area contributed by atoms with E-state index in [0.29, 0.717) is 33.9 Å². The molecule has 1 amide bonds. The largest absolute Gasteiger partial charge is 0.494 e. The predicted molar refractivity (Wildman–Crippen MR) is 107 cm³/mol. The van der Waals surface area contributed by atoms with E-state index in [4.69, 9.17) is 11.6 Å². The van der Waals surface area contributed by atoms with Crippen LogP contribution in [-0.2, 0) is 0 Å². The van der Waals surface area contributed by atoms with Gasteiger partial charge < -0.3 is 10.0 Å². The Kier molecular flexibility index (Phi) is 4.93. The van der Waals surface area contributed by atoms with Crippen LogP contribution < -0.4 is 0 Å². The van der Waals surface area contributed by atoms with Gasteiger partial charge in [-0.15, -0.1) is 11.3 Å². The number of nitrogens with zero attached hydrogens (tertiary/aromatic N) is 2. The highest BCUT2D eigenvalue weighted by Crippen LogP contribution is 2.36. The van der Waals surface area contributed by atoms with Crippen LogP contribution in [0.2, 0.25) is 5.02 Å². The minimum atomic E-state index is -0.320. The number of aromatic nitrogens is 1. The molecule has 27 heavy (non-hydrogen) atoms. The second-order valence-electron chi connectivity index (χ2n) is 6.69. The fourth-order valence-corrected chi connectivity index (χ4v) is 4.44. The van der Waals surface area contributed by atoms with Crippen molar-refractivity contribution in [2.24, 2.45) is 0 Å². The zero-order valence-corrected chi connectivity index (χ0v) is 16.2. The molecule has 5 nitrogen and oxygen atoms in total. The van der Waals surface area contributed by atoms with Gasteiger partial charge in [0.15, 0.2) is 0 Å². The second-order valence-corrected chi connectivity index (χ2v) is 8.07. The number of likely N-dealkylation sites (tertiary alicyclic amines) is 1. The van der Waals surface area contributed by atoms with Gasteiger partial charge in [0.2, 0.25) is 11.7 Å². The Morgan fingerprint density at radius 3 is 2.48 bits per heavy atom. The number of carbonyl (C=O) groups is 2. The lowest BCUT2D eigenvalue weighted by molar-refractivity contribution is 0.104. The Hall–Kier alpha value is -2.31. The second kappa shape index (κ2) is 7.37. The molecule has 3 aromatic rings. The molecule has 0 bridgehead atoms. The van der Waals surface area contributed by atoms with Gasteiger partial charge in [-0.25, -0.2) is 9.36 Å². The summed E-state index contributed by atoms with van der Waals surface area (Å²) in [4.78, 5) is 28.4. The molecule has 0 saturated carbocycles. The Balaban J connectivity index is 1.87. The van der Waals surface area contributed by atoms with Crippen molar-refractivity contribution >= 4 is 45.7 Å². The molecule has 0 unspecified atom stereocenters. The molecule has 140 valence electrons. The van der Waals surface area contributed by atoms with Gasteiger partial charge in [-0.3, -0.25) is 4.79 Å². The lowest BCUT2D eigenvalue weighted by atomic mass is 10.1. The maximum absolute atomic E-state index is 13.2. The first-order valence-corrected chi connectivity index (χ1v) is 10.2. The Bertz CT molecular complexity index is 1000. The third-order valence-electron chi connectivity index (χ3n) is 4.94. The fourth-order valence-electron chi connectivity index (χ4n) is 3.60. The molecule has 4 rings (SSSR count). The highest BCUT2D eigenvalue weighted by Gasteiger charge is 2.29. The summed E-state index contributed by atoms with van der Waals surface area (Å²) < 4.78 is 1.25. The van der Waals surface area contributed by atoms with E-state index in [1.54, 1.807) is 40.6 Å². The SMILES string of the molecule is O=C(c1cccs1)c1c(O)n(C(=O)N2CCCCCC2)c2ccc(Cl)cc12. The number of thiophene rings is 1. The van der Waals surface area contributed by atoms with Gasteiger partial charge in [-0.05, 0) is 42.5 Å². The molecule has 1 aromatic carbocycles. The van der Waals surface area contributed by atoms with Crippen LogP contribution in [0.15, 0.2) is 35.7 Å². The summed E-state index contributed by atoms with van der Waals surface area (Å²) in [5, 5.41) is 13.6. The molecule has 0 aliphatic carbocycles. The number of rotatable bonds is 2. The number of benzene rings is 1. The van der Waals surface area contributed by atoms with Crippen LogP contribution in [0.1, 0.15) is 40.9 Å². The van der Waals surface area contributed by atoms with Gasteiger partial charge in [0.1, 0.15) is 0 Å². The topological polar surface area (TPSA) is 62.5 Å². The molecule has 1 aliphatic heterocycles. The molecule has 0 atom stereocenters. The number of aromatic hydroxyl groups is 1.